The van der Waals surface area contributed by atoms with Gasteiger partial charge in [-0.2, -0.15) is 0 Å². The number of benzene rings is 10. The van der Waals surface area contributed by atoms with Crippen molar-refractivity contribution in [1.29, 1.82) is 0 Å². The maximum atomic E-state index is 6.28. The zero-order chi connectivity index (χ0) is 38.2. The second-order valence-corrected chi connectivity index (χ2v) is 15.2. The molecule has 0 fully saturated rings. The molecule has 0 aliphatic carbocycles. The number of rotatable bonds is 5. The lowest BCUT2D eigenvalue weighted by atomic mass is 9.81. The van der Waals surface area contributed by atoms with Gasteiger partial charge >= 0.3 is 0 Å². The minimum absolute atomic E-state index is 0.903. The van der Waals surface area contributed by atoms with E-state index < -0.39 is 0 Å². The summed E-state index contributed by atoms with van der Waals surface area (Å²) in [6.45, 7) is 0. The van der Waals surface area contributed by atoms with E-state index in [1.807, 2.05) is 6.07 Å². The monoisotopic (exact) mass is 737 g/mol. The molecule has 2 heterocycles. The molecule has 270 valence electrons. The van der Waals surface area contributed by atoms with Crippen molar-refractivity contribution in [3.05, 3.63) is 212 Å². The van der Waals surface area contributed by atoms with Gasteiger partial charge in [-0.05, 0) is 115 Å². The lowest BCUT2D eigenvalue weighted by Crippen LogP contribution is -1.96. The smallest absolute Gasteiger partial charge is 0.135 e. The van der Waals surface area contributed by atoms with E-state index in [2.05, 4.69) is 211 Å². The molecule has 2 aromatic heterocycles. The molecule has 0 radical (unpaired) electrons. The first kappa shape index (κ1) is 32.6. The Hall–Kier alpha value is -7.68. The second kappa shape index (κ2) is 12.9. The maximum absolute atomic E-state index is 6.28. The number of aromatic nitrogens is 1. The number of para-hydroxylation sites is 3. The molecule has 0 N–H and O–H groups in total. The highest BCUT2D eigenvalue weighted by Gasteiger charge is 2.23. The van der Waals surface area contributed by atoms with Gasteiger partial charge < -0.3 is 8.98 Å². The summed E-state index contributed by atoms with van der Waals surface area (Å²) in [5.41, 5.74) is 15.0. The molecule has 12 rings (SSSR count). The van der Waals surface area contributed by atoms with E-state index in [9.17, 15) is 0 Å². The number of nitrogens with zero attached hydrogens (tertiary/aromatic N) is 1. The third kappa shape index (κ3) is 4.92. The Kier molecular flexibility index (Phi) is 7.26. The Morgan fingerprint density at radius 3 is 1.52 bits per heavy atom. The van der Waals surface area contributed by atoms with Gasteiger partial charge in [-0.25, -0.2) is 0 Å². The quantitative estimate of drug-likeness (QED) is 0.161. The summed E-state index contributed by atoms with van der Waals surface area (Å²) in [7, 11) is 0. The molecule has 0 spiro atoms. The molecule has 0 saturated heterocycles. The molecule has 0 atom stereocenters. The first-order valence-corrected chi connectivity index (χ1v) is 19.9. The molecule has 0 aliphatic rings. The van der Waals surface area contributed by atoms with Crippen LogP contribution in [-0.4, -0.2) is 4.57 Å². The summed E-state index contributed by atoms with van der Waals surface area (Å²) < 4.78 is 8.67. The molecular weight excluding hydrogens is 703 g/mol. The van der Waals surface area contributed by atoms with Gasteiger partial charge in [0.05, 0.1) is 11.0 Å². The standard InChI is InChI=1S/C56H35NO/c1-3-16-36(17-4-1)40-26-15-27-41(37-30-32-51-48(34-37)42-20-11-13-28-50(42)57(51)39-18-5-2-6-19-39)55(40)56-46-24-9-7-22-44(46)54(45-23-8-10-25-47(45)56)38-31-33-53-49(35-38)43-21-12-14-29-52(43)58-53/h1-35H. The Morgan fingerprint density at radius 1 is 0.276 bits per heavy atom. The van der Waals surface area contributed by atoms with E-state index in [4.69, 9.17) is 4.42 Å². The van der Waals surface area contributed by atoms with Crippen molar-refractivity contribution in [3.8, 4) is 50.2 Å². The van der Waals surface area contributed by atoms with E-state index in [1.54, 1.807) is 0 Å². The van der Waals surface area contributed by atoms with Gasteiger partial charge in [0.1, 0.15) is 11.2 Å². The molecule has 58 heavy (non-hydrogen) atoms. The third-order valence-corrected chi connectivity index (χ3v) is 12.0. The van der Waals surface area contributed by atoms with Crippen molar-refractivity contribution >= 4 is 65.3 Å². The van der Waals surface area contributed by atoms with Crippen LogP contribution in [0.3, 0.4) is 0 Å². The minimum atomic E-state index is 0.903. The Balaban J connectivity index is 1.17. The van der Waals surface area contributed by atoms with E-state index in [0.29, 0.717) is 0 Å². The fourth-order valence-electron chi connectivity index (χ4n) is 9.51. The average Bonchev–Trinajstić information content (AvgIpc) is 3.83. The van der Waals surface area contributed by atoms with Gasteiger partial charge in [0.15, 0.2) is 0 Å². The fraction of sp³-hybridized carbons (Fsp3) is 0. The van der Waals surface area contributed by atoms with Crippen LogP contribution in [0.25, 0.3) is 115 Å². The van der Waals surface area contributed by atoms with Crippen molar-refractivity contribution in [2.45, 2.75) is 0 Å². The molecule has 0 aliphatic heterocycles. The molecule has 0 saturated carbocycles. The number of furan rings is 1. The van der Waals surface area contributed by atoms with Crippen LogP contribution in [0.1, 0.15) is 0 Å². The third-order valence-electron chi connectivity index (χ3n) is 12.0. The molecule has 2 nitrogen and oxygen atoms in total. The highest BCUT2D eigenvalue weighted by atomic mass is 16.3. The predicted molar refractivity (Wildman–Crippen MR) is 245 cm³/mol. The lowest BCUT2D eigenvalue weighted by molar-refractivity contribution is 0.669. The predicted octanol–water partition coefficient (Wildman–Crippen LogP) is 15.7. The Bertz CT molecular complexity index is 3500. The molecule has 10 aromatic carbocycles. The van der Waals surface area contributed by atoms with Crippen molar-refractivity contribution in [2.24, 2.45) is 0 Å². The Morgan fingerprint density at radius 2 is 0.793 bits per heavy atom. The molecule has 2 heteroatoms. The highest BCUT2D eigenvalue weighted by molar-refractivity contribution is 6.24. The maximum Gasteiger partial charge on any atom is 0.135 e. The highest BCUT2D eigenvalue weighted by Crippen LogP contribution is 2.50. The summed E-state index contributed by atoms with van der Waals surface area (Å²) in [5, 5.41) is 9.63. The molecule has 0 bridgehead atoms. The van der Waals surface area contributed by atoms with E-state index in [1.165, 1.54) is 87.9 Å². The number of fused-ring (bicyclic) bond motifs is 8. The fourth-order valence-corrected chi connectivity index (χ4v) is 9.51. The van der Waals surface area contributed by atoms with Crippen LogP contribution in [0.15, 0.2) is 217 Å². The van der Waals surface area contributed by atoms with Crippen LogP contribution in [0.2, 0.25) is 0 Å². The van der Waals surface area contributed by atoms with E-state index >= 15 is 0 Å². The summed E-state index contributed by atoms with van der Waals surface area (Å²) in [5.74, 6) is 0. The zero-order valence-corrected chi connectivity index (χ0v) is 31.6. The van der Waals surface area contributed by atoms with E-state index in [-0.39, 0.29) is 0 Å². The van der Waals surface area contributed by atoms with Crippen LogP contribution >= 0.6 is 0 Å². The normalized spacial score (nSPS) is 11.8. The van der Waals surface area contributed by atoms with E-state index in [0.717, 1.165) is 27.6 Å². The summed E-state index contributed by atoms with van der Waals surface area (Å²) in [6.07, 6.45) is 0. The van der Waals surface area contributed by atoms with Crippen LogP contribution in [0, 0.1) is 0 Å². The average molecular weight is 738 g/mol. The van der Waals surface area contributed by atoms with Crippen molar-refractivity contribution in [2.75, 3.05) is 0 Å². The van der Waals surface area contributed by atoms with Gasteiger partial charge in [0.25, 0.3) is 0 Å². The first-order valence-electron chi connectivity index (χ1n) is 19.9. The van der Waals surface area contributed by atoms with Crippen molar-refractivity contribution in [1.82, 2.24) is 4.57 Å². The number of hydrogen-bond acceptors (Lipinski definition) is 1. The summed E-state index contributed by atoms with van der Waals surface area (Å²) >= 11 is 0. The van der Waals surface area contributed by atoms with Gasteiger partial charge in [0, 0.05) is 27.2 Å². The van der Waals surface area contributed by atoms with Crippen LogP contribution in [0.4, 0.5) is 0 Å². The first-order chi connectivity index (χ1) is 28.8. The zero-order valence-electron chi connectivity index (χ0n) is 31.6. The Labute approximate surface area is 335 Å². The van der Waals surface area contributed by atoms with Crippen LogP contribution in [-0.2, 0) is 0 Å². The van der Waals surface area contributed by atoms with Gasteiger partial charge in [-0.1, -0.05) is 164 Å². The summed E-state index contributed by atoms with van der Waals surface area (Å²) in [6, 6.07) is 77.2. The molecule has 12 aromatic rings. The molecular formula is C56H35NO. The lowest BCUT2D eigenvalue weighted by Gasteiger charge is -2.22. The topological polar surface area (TPSA) is 18.1 Å². The molecule has 0 amide bonds. The summed E-state index contributed by atoms with van der Waals surface area (Å²) in [4.78, 5) is 0. The number of hydrogen-bond donors (Lipinski definition) is 0. The minimum Gasteiger partial charge on any atom is -0.456 e. The SMILES string of the molecule is c1ccc(-c2cccc(-c3ccc4c(c3)c3ccccc3n4-c3ccccc3)c2-c2c3ccccc3c(-c3ccc4oc5ccccc5c4c3)c3ccccc23)cc1. The van der Waals surface area contributed by atoms with Gasteiger partial charge in [-0.15, -0.1) is 0 Å². The second-order valence-electron chi connectivity index (χ2n) is 15.2. The van der Waals surface area contributed by atoms with Crippen molar-refractivity contribution < 1.29 is 4.42 Å². The van der Waals surface area contributed by atoms with Gasteiger partial charge in [0.2, 0.25) is 0 Å². The van der Waals surface area contributed by atoms with Crippen LogP contribution in [0.5, 0.6) is 0 Å². The van der Waals surface area contributed by atoms with Crippen LogP contribution < -0.4 is 0 Å². The molecule has 0 unspecified atom stereocenters. The van der Waals surface area contributed by atoms with Gasteiger partial charge in [-0.3, -0.25) is 0 Å². The van der Waals surface area contributed by atoms with Crippen molar-refractivity contribution in [3.63, 3.8) is 0 Å². The largest absolute Gasteiger partial charge is 0.456 e.